The van der Waals surface area contributed by atoms with Crippen molar-refractivity contribution in [3.8, 4) is 0 Å². The first-order chi connectivity index (χ1) is 22.5. The summed E-state index contributed by atoms with van der Waals surface area (Å²) in [5.74, 6) is -0.210. The van der Waals surface area contributed by atoms with E-state index in [1.54, 1.807) is 6.08 Å². The van der Waals surface area contributed by atoms with Crippen molar-refractivity contribution in [2.75, 3.05) is 40.9 Å². The van der Waals surface area contributed by atoms with Crippen LogP contribution >= 0.6 is 7.82 Å². The molecule has 0 aromatic heterocycles. The maximum atomic E-state index is 12.6. The number of aliphatic hydroxyl groups is 1. The number of phosphoric ester groups is 1. The number of allylic oxidation sites excluding steroid dienone is 1. The summed E-state index contributed by atoms with van der Waals surface area (Å²) in [6.07, 6.45) is 33.0. The predicted octanol–water partition coefficient (Wildman–Crippen LogP) is 9.39. The van der Waals surface area contributed by atoms with E-state index in [1.165, 1.54) is 103 Å². The normalized spacial score (nSPS) is 14.8. The summed E-state index contributed by atoms with van der Waals surface area (Å²) >= 11 is 0. The van der Waals surface area contributed by atoms with Crippen LogP contribution in [0.15, 0.2) is 12.2 Å². The van der Waals surface area contributed by atoms with Gasteiger partial charge in [0.1, 0.15) is 13.2 Å². The van der Waals surface area contributed by atoms with Gasteiger partial charge in [0.2, 0.25) is 5.91 Å². The third-order valence-corrected chi connectivity index (χ3v) is 9.71. The van der Waals surface area contributed by atoms with Crippen molar-refractivity contribution in [2.24, 2.45) is 0 Å². The van der Waals surface area contributed by atoms with Crippen molar-refractivity contribution >= 4 is 13.7 Å². The molecule has 0 radical (unpaired) electrons. The molecule has 0 heterocycles. The fourth-order valence-corrected chi connectivity index (χ4v) is 6.29. The largest absolute Gasteiger partial charge is 0.756 e. The fourth-order valence-electron chi connectivity index (χ4n) is 5.56. The van der Waals surface area contributed by atoms with Gasteiger partial charge in [-0.05, 0) is 19.3 Å². The van der Waals surface area contributed by atoms with Gasteiger partial charge in [-0.1, -0.05) is 161 Å². The number of phosphoric acid groups is 1. The molecule has 0 aliphatic carbocycles. The molecule has 0 aliphatic heterocycles. The molecule has 0 fully saturated rings. The average molecular weight is 689 g/mol. The maximum absolute atomic E-state index is 12.6. The summed E-state index contributed by atoms with van der Waals surface area (Å²) < 4.78 is 23.0. The number of amides is 1. The number of carbonyl (C=O) groups excluding carboxylic acids is 1. The topological polar surface area (TPSA) is 108 Å². The Labute approximate surface area is 291 Å². The molecule has 47 heavy (non-hydrogen) atoms. The van der Waals surface area contributed by atoms with Crippen LogP contribution in [0.2, 0.25) is 0 Å². The van der Waals surface area contributed by atoms with Crippen LogP contribution in [0.5, 0.6) is 0 Å². The van der Waals surface area contributed by atoms with Gasteiger partial charge in [-0.2, -0.15) is 0 Å². The van der Waals surface area contributed by atoms with Gasteiger partial charge in [0, 0.05) is 6.42 Å². The molecular formula is C38H77N2O6P. The van der Waals surface area contributed by atoms with Crippen molar-refractivity contribution in [3.63, 3.8) is 0 Å². The number of nitrogens with zero attached hydrogens (tertiary/aromatic N) is 1. The second-order valence-corrected chi connectivity index (χ2v) is 16.1. The lowest BCUT2D eigenvalue weighted by Gasteiger charge is -2.29. The van der Waals surface area contributed by atoms with Crippen molar-refractivity contribution in [1.29, 1.82) is 0 Å². The lowest BCUT2D eigenvalue weighted by molar-refractivity contribution is -0.870. The molecule has 0 bridgehead atoms. The highest BCUT2D eigenvalue weighted by molar-refractivity contribution is 7.45. The van der Waals surface area contributed by atoms with E-state index < -0.39 is 20.0 Å². The monoisotopic (exact) mass is 689 g/mol. The highest BCUT2D eigenvalue weighted by Crippen LogP contribution is 2.38. The number of carbonyl (C=O) groups is 1. The Kier molecular flexibility index (Phi) is 30.7. The first kappa shape index (κ1) is 46.2. The van der Waals surface area contributed by atoms with E-state index in [1.807, 2.05) is 27.2 Å². The zero-order chi connectivity index (χ0) is 35.1. The Balaban J connectivity index is 4.24. The zero-order valence-electron chi connectivity index (χ0n) is 31.5. The van der Waals surface area contributed by atoms with E-state index in [2.05, 4.69) is 19.2 Å². The van der Waals surface area contributed by atoms with Gasteiger partial charge < -0.3 is 28.8 Å². The molecule has 1 amide bonds. The van der Waals surface area contributed by atoms with Crippen LogP contribution < -0.4 is 10.2 Å². The molecule has 280 valence electrons. The fraction of sp³-hybridized carbons (Fsp3) is 0.921. The summed E-state index contributed by atoms with van der Waals surface area (Å²) in [5, 5.41) is 13.6. The minimum Gasteiger partial charge on any atom is -0.756 e. The molecule has 2 N–H and O–H groups in total. The van der Waals surface area contributed by atoms with Crippen molar-refractivity contribution in [3.05, 3.63) is 12.2 Å². The zero-order valence-corrected chi connectivity index (χ0v) is 32.4. The molecular weight excluding hydrogens is 611 g/mol. The Bertz CT molecular complexity index is 789. The molecule has 0 spiro atoms. The number of unbranched alkanes of at least 4 members (excludes halogenated alkanes) is 22. The summed E-state index contributed by atoms with van der Waals surface area (Å²) in [7, 11) is 1.26. The predicted molar refractivity (Wildman–Crippen MR) is 196 cm³/mol. The SMILES string of the molecule is CCCCCCCCCCCCCCCCCCCC/C=C/C(O)C(COP(=O)([O-])OCC[N+](C)(C)C)NC(=O)CCCCCCC. The number of quaternary nitrogens is 1. The minimum absolute atomic E-state index is 0.000913. The van der Waals surface area contributed by atoms with Gasteiger partial charge in [0.15, 0.2) is 0 Å². The minimum atomic E-state index is -4.56. The smallest absolute Gasteiger partial charge is 0.268 e. The molecule has 0 aromatic rings. The van der Waals surface area contributed by atoms with Crippen LogP contribution in [0.3, 0.4) is 0 Å². The second-order valence-electron chi connectivity index (χ2n) is 14.6. The quantitative estimate of drug-likeness (QED) is 0.0297. The first-order valence-electron chi connectivity index (χ1n) is 19.6. The van der Waals surface area contributed by atoms with Crippen molar-refractivity contribution < 1.29 is 32.9 Å². The summed E-state index contributed by atoms with van der Waals surface area (Å²) in [4.78, 5) is 24.9. The highest BCUT2D eigenvalue weighted by atomic mass is 31.2. The number of hydrogen-bond acceptors (Lipinski definition) is 6. The van der Waals surface area contributed by atoms with Crippen LogP contribution in [0.1, 0.15) is 174 Å². The molecule has 3 atom stereocenters. The van der Waals surface area contributed by atoms with Crippen molar-refractivity contribution in [1.82, 2.24) is 5.32 Å². The van der Waals surface area contributed by atoms with E-state index >= 15 is 0 Å². The maximum Gasteiger partial charge on any atom is 0.268 e. The number of nitrogens with one attached hydrogen (secondary N) is 1. The van der Waals surface area contributed by atoms with Crippen molar-refractivity contribution in [2.45, 2.75) is 187 Å². The summed E-state index contributed by atoms with van der Waals surface area (Å²) in [6, 6.07) is -0.876. The van der Waals surface area contributed by atoms with Gasteiger partial charge in [0.05, 0.1) is 39.9 Å². The lowest BCUT2D eigenvalue weighted by atomic mass is 10.0. The van der Waals surface area contributed by atoms with Gasteiger partial charge in [-0.15, -0.1) is 0 Å². The molecule has 9 heteroatoms. The summed E-state index contributed by atoms with van der Waals surface area (Å²) in [6.45, 7) is 4.55. The average Bonchev–Trinajstić information content (AvgIpc) is 3.01. The molecule has 0 saturated carbocycles. The van der Waals surface area contributed by atoms with E-state index in [9.17, 15) is 19.4 Å². The molecule has 0 saturated heterocycles. The summed E-state index contributed by atoms with van der Waals surface area (Å²) in [5.41, 5.74) is 0. The van der Waals surface area contributed by atoms with Gasteiger partial charge in [0.25, 0.3) is 7.82 Å². The van der Waals surface area contributed by atoms with Crippen LogP contribution in [0, 0.1) is 0 Å². The van der Waals surface area contributed by atoms with Gasteiger partial charge in [-0.3, -0.25) is 9.36 Å². The van der Waals surface area contributed by atoms with Crippen LogP contribution in [0.25, 0.3) is 0 Å². The van der Waals surface area contributed by atoms with Crippen LogP contribution in [0.4, 0.5) is 0 Å². The second kappa shape index (κ2) is 31.2. The van der Waals surface area contributed by atoms with E-state index in [4.69, 9.17) is 9.05 Å². The standard InChI is InChI=1S/C38H77N2O6P/c1-6-8-10-12-13-14-15-16-17-18-19-20-21-22-23-24-25-26-28-29-31-37(41)36(39-38(42)32-30-27-11-9-7-2)35-46-47(43,44)45-34-33-40(3,4)5/h29,31,36-37,41H,6-28,30,32-35H2,1-5H3,(H-,39,42,43,44)/b31-29+. The number of rotatable bonds is 35. The molecule has 0 aromatic carbocycles. The van der Waals surface area contributed by atoms with Crippen LogP contribution in [-0.4, -0.2) is 68.5 Å². The lowest BCUT2D eigenvalue weighted by Crippen LogP contribution is -2.45. The number of aliphatic hydroxyl groups excluding tert-OH is 1. The Morgan fingerprint density at radius 2 is 1.15 bits per heavy atom. The third-order valence-electron chi connectivity index (χ3n) is 8.75. The molecule has 0 rings (SSSR count). The van der Waals surface area contributed by atoms with Gasteiger partial charge in [-0.25, -0.2) is 0 Å². The van der Waals surface area contributed by atoms with E-state index in [0.29, 0.717) is 17.4 Å². The molecule has 8 nitrogen and oxygen atoms in total. The Hall–Kier alpha value is -0.760. The number of hydrogen-bond donors (Lipinski definition) is 2. The Morgan fingerprint density at radius 1 is 0.723 bits per heavy atom. The van der Waals surface area contributed by atoms with E-state index in [0.717, 1.165) is 51.4 Å². The highest BCUT2D eigenvalue weighted by Gasteiger charge is 2.23. The van der Waals surface area contributed by atoms with Gasteiger partial charge >= 0.3 is 0 Å². The van der Waals surface area contributed by atoms with Crippen LogP contribution in [-0.2, 0) is 18.4 Å². The van der Waals surface area contributed by atoms with E-state index in [-0.39, 0.29) is 19.1 Å². The first-order valence-corrected chi connectivity index (χ1v) is 21.0. The third kappa shape index (κ3) is 33.5. The Morgan fingerprint density at radius 3 is 1.60 bits per heavy atom. The number of likely N-dealkylation sites (N-methyl/N-ethyl adjacent to an activating group) is 1. The molecule has 3 unspecified atom stereocenters. The molecule has 0 aliphatic rings.